The Kier molecular flexibility index (Phi) is 2.82. The number of amides is 1. The van der Waals surface area contributed by atoms with Gasteiger partial charge in [0.1, 0.15) is 0 Å². The molecule has 1 aromatic rings. The van der Waals surface area contributed by atoms with Crippen LogP contribution in [-0.2, 0) is 11.9 Å². The van der Waals surface area contributed by atoms with Crippen LogP contribution in [0.15, 0.2) is 0 Å². The van der Waals surface area contributed by atoms with E-state index in [2.05, 4.69) is 5.10 Å². The average molecular weight is 224 g/mol. The highest BCUT2D eigenvalue weighted by molar-refractivity contribution is 5.97. The minimum Gasteiger partial charge on any atom is -0.395 e. The van der Waals surface area contributed by atoms with Crippen molar-refractivity contribution in [1.29, 1.82) is 0 Å². The first-order chi connectivity index (χ1) is 7.61. The van der Waals surface area contributed by atoms with Crippen LogP contribution in [0.25, 0.3) is 0 Å². The van der Waals surface area contributed by atoms with Gasteiger partial charge in [0.15, 0.2) is 5.69 Å². The molecular formula is C10H16N4O2. The second-order valence-electron chi connectivity index (χ2n) is 3.92. The highest BCUT2D eigenvalue weighted by Crippen LogP contribution is 2.19. The van der Waals surface area contributed by atoms with Crippen LogP contribution in [0.2, 0.25) is 0 Å². The smallest absolute Gasteiger partial charge is 0.297 e. The SMILES string of the molecule is Cc1nn(C)c(C(=O)N2CCCCO2)c1N. The molecule has 0 aliphatic carbocycles. The lowest BCUT2D eigenvalue weighted by Crippen LogP contribution is -2.37. The lowest BCUT2D eigenvalue weighted by atomic mass is 10.2. The number of anilines is 1. The number of nitrogens with two attached hydrogens (primary N) is 1. The third kappa shape index (κ3) is 1.76. The number of aromatic nitrogens is 2. The van der Waals surface area contributed by atoms with E-state index in [9.17, 15) is 4.79 Å². The van der Waals surface area contributed by atoms with Gasteiger partial charge in [-0.3, -0.25) is 14.3 Å². The maximum absolute atomic E-state index is 12.1. The lowest BCUT2D eigenvalue weighted by Gasteiger charge is -2.25. The molecule has 6 nitrogen and oxygen atoms in total. The zero-order chi connectivity index (χ0) is 11.7. The molecule has 2 rings (SSSR count). The maximum Gasteiger partial charge on any atom is 0.297 e. The first-order valence-corrected chi connectivity index (χ1v) is 5.35. The molecule has 1 fully saturated rings. The first-order valence-electron chi connectivity index (χ1n) is 5.35. The van der Waals surface area contributed by atoms with Gasteiger partial charge in [0, 0.05) is 13.6 Å². The molecule has 16 heavy (non-hydrogen) atoms. The lowest BCUT2D eigenvalue weighted by molar-refractivity contribution is -0.144. The van der Waals surface area contributed by atoms with E-state index in [0.717, 1.165) is 12.8 Å². The van der Waals surface area contributed by atoms with Crippen LogP contribution in [0.3, 0.4) is 0 Å². The highest BCUT2D eigenvalue weighted by Gasteiger charge is 2.25. The molecule has 0 aromatic carbocycles. The zero-order valence-corrected chi connectivity index (χ0v) is 9.56. The van der Waals surface area contributed by atoms with E-state index in [1.165, 1.54) is 9.75 Å². The van der Waals surface area contributed by atoms with Gasteiger partial charge in [-0.2, -0.15) is 5.10 Å². The van der Waals surface area contributed by atoms with Crippen LogP contribution in [-0.4, -0.2) is 33.9 Å². The number of carbonyl (C=O) groups excluding carboxylic acids is 1. The molecule has 88 valence electrons. The van der Waals surface area contributed by atoms with Crippen molar-refractivity contribution in [3.05, 3.63) is 11.4 Å². The standard InChI is InChI=1S/C10H16N4O2/c1-7-8(11)9(13(2)12-7)10(15)14-5-3-4-6-16-14/h3-6,11H2,1-2H3. The van der Waals surface area contributed by atoms with Gasteiger partial charge in [-0.1, -0.05) is 0 Å². The first kappa shape index (κ1) is 10.9. The van der Waals surface area contributed by atoms with Crippen molar-refractivity contribution in [3.8, 4) is 0 Å². The second kappa shape index (κ2) is 4.13. The Morgan fingerprint density at radius 1 is 1.50 bits per heavy atom. The Bertz CT molecular complexity index is 407. The average Bonchev–Trinajstić information content (AvgIpc) is 2.54. The summed E-state index contributed by atoms with van der Waals surface area (Å²) in [5.41, 5.74) is 7.33. The monoisotopic (exact) mass is 224 g/mol. The van der Waals surface area contributed by atoms with E-state index in [4.69, 9.17) is 10.6 Å². The number of carbonyl (C=O) groups is 1. The van der Waals surface area contributed by atoms with E-state index < -0.39 is 0 Å². The summed E-state index contributed by atoms with van der Waals surface area (Å²) in [7, 11) is 1.71. The van der Waals surface area contributed by atoms with Crippen molar-refractivity contribution < 1.29 is 9.63 Å². The highest BCUT2D eigenvalue weighted by atomic mass is 16.7. The summed E-state index contributed by atoms with van der Waals surface area (Å²) in [4.78, 5) is 17.4. The molecule has 1 amide bonds. The third-order valence-electron chi connectivity index (χ3n) is 2.70. The summed E-state index contributed by atoms with van der Waals surface area (Å²) in [6, 6.07) is 0. The number of hydroxylamine groups is 2. The quantitative estimate of drug-likeness (QED) is 0.753. The molecule has 1 saturated heterocycles. The van der Waals surface area contributed by atoms with E-state index >= 15 is 0 Å². The van der Waals surface area contributed by atoms with Gasteiger partial charge in [-0.05, 0) is 19.8 Å². The van der Waals surface area contributed by atoms with Crippen LogP contribution in [0.1, 0.15) is 29.0 Å². The summed E-state index contributed by atoms with van der Waals surface area (Å²) >= 11 is 0. The van der Waals surface area contributed by atoms with Crippen molar-refractivity contribution in [2.24, 2.45) is 7.05 Å². The Hall–Kier alpha value is -1.56. The Morgan fingerprint density at radius 2 is 2.25 bits per heavy atom. The Morgan fingerprint density at radius 3 is 2.75 bits per heavy atom. The molecule has 0 saturated carbocycles. The number of nitrogen functional groups attached to an aromatic ring is 1. The molecule has 1 aliphatic rings. The predicted octanol–water partition coefficient (Wildman–Crippen LogP) is 0.478. The second-order valence-corrected chi connectivity index (χ2v) is 3.92. The van der Waals surface area contributed by atoms with Crippen LogP contribution >= 0.6 is 0 Å². The van der Waals surface area contributed by atoms with Crippen molar-refractivity contribution in [2.75, 3.05) is 18.9 Å². The number of nitrogens with zero attached hydrogens (tertiary/aromatic N) is 3. The van der Waals surface area contributed by atoms with Crippen LogP contribution in [0.4, 0.5) is 5.69 Å². The van der Waals surface area contributed by atoms with Crippen LogP contribution in [0, 0.1) is 6.92 Å². The predicted molar refractivity (Wildman–Crippen MR) is 58.6 cm³/mol. The molecule has 0 bridgehead atoms. The molecule has 0 spiro atoms. The summed E-state index contributed by atoms with van der Waals surface area (Å²) in [5, 5.41) is 5.49. The Balaban J connectivity index is 2.25. The molecule has 2 heterocycles. The molecule has 0 unspecified atom stereocenters. The van der Waals surface area contributed by atoms with Gasteiger partial charge >= 0.3 is 0 Å². The summed E-state index contributed by atoms with van der Waals surface area (Å²) < 4.78 is 1.50. The zero-order valence-electron chi connectivity index (χ0n) is 9.56. The maximum atomic E-state index is 12.1. The van der Waals surface area contributed by atoms with Gasteiger partial charge in [-0.25, -0.2) is 5.06 Å². The normalized spacial score (nSPS) is 16.5. The largest absolute Gasteiger partial charge is 0.395 e. The number of rotatable bonds is 1. The fourth-order valence-electron chi connectivity index (χ4n) is 1.80. The molecular weight excluding hydrogens is 208 g/mol. The van der Waals surface area contributed by atoms with Gasteiger partial charge in [0.2, 0.25) is 0 Å². The van der Waals surface area contributed by atoms with E-state index in [1.807, 2.05) is 0 Å². The van der Waals surface area contributed by atoms with Crippen molar-refractivity contribution in [2.45, 2.75) is 19.8 Å². The fraction of sp³-hybridized carbons (Fsp3) is 0.600. The van der Waals surface area contributed by atoms with E-state index in [1.54, 1.807) is 14.0 Å². The molecule has 0 radical (unpaired) electrons. The van der Waals surface area contributed by atoms with Crippen molar-refractivity contribution in [3.63, 3.8) is 0 Å². The minimum absolute atomic E-state index is 0.208. The minimum atomic E-state index is -0.208. The number of hydrogen-bond donors (Lipinski definition) is 1. The van der Waals surface area contributed by atoms with E-state index in [0.29, 0.717) is 30.2 Å². The molecule has 2 N–H and O–H groups in total. The summed E-state index contributed by atoms with van der Waals surface area (Å²) in [6.07, 6.45) is 1.95. The molecule has 1 aliphatic heterocycles. The van der Waals surface area contributed by atoms with Crippen LogP contribution < -0.4 is 5.73 Å². The van der Waals surface area contributed by atoms with Crippen molar-refractivity contribution >= 4 is 11.6 Å². The van der Waals surface area contributed by atoms with Gasteiger partial charge in [0.05, 0.1) is 18.0 Å². The van der Waals surface area contributed by atoms with Crippen molar-refractivity contribution in [1.82, 2.24) is 14.8 Å². The summed E-state index contributed by atoms with van der Waals surface area (Å²) in [5.74, 6) is -0.208. The fourth-order valence-corrected chi connectivity index (χ4v) is 1.80. The molecule has 0 atom stereocenters. The topological polar surface area (TPSA) is 73.4 Å². The number of aryl methyl sites for hydroxylation is 2. The van der Waals surface area contributed by atoms with Crippen LogP contribution in [0.5, 0.6) is 0 Å². The van der Waals surface area contributed by atoms with E-state index in [-0.39, 0.29) is 5.91 Å². The third-order valence-corrected chi connectivity index (χ3v) is 2.70. The molecule has 1 aromatic heterocycles. The van der Waals surface area contributed by atoms with Gasteiger partial charge in [-0.15, -0.1) is 0 Å². The van der Waals surface area contributed by atoms with Gasteiger partial charge < -0.3 is 5.73 Å². The summed E-state index contributed by atoms with van der Waals surface area (Å²) in [6.45, 7) is 2.98. The van der Waals surface area contributed by atoms with Gasteiger partial charge in [0.25, 0.3) is 5.91 Å². The number of hydrogen-bond acceptors (Lipinski definition) is 4. The molecule has 6 heteroatoms. The Labute approximate surface area is 93.9 Å².